The molecule has 8 heteroatoms. The normalized spacial score (nSPS) is 15.6. The van der Waals surface area contributed by atoms with Gasteiger partial charge in [-0.05, 0) is 44.5 Å². The van der Waals surface area contributed by atoms with E-state index in [4.69, 9.17) is 29.3 Å². The number of aromatic nitrogens is 4. The van der Waals surface area contributed by atoms with E-state index >= 15 is 0 Å². The van der Waals surface area contributed by atoms with Crippen LogP contribution in [0.5, 0.6) is 11.5 Å². The SMILES string of the molecule is COc1ccc(-c2nc3c4c5c(sc4nc(C)n3n2)COC(C)(C)C5)cc1OC. The number of methoxy groups -OCH3 is 2. The summed E-state index contributed by atoms with van der Waals surface area (Å²) in [7, 11) is 3.25. The number of hydrogen-bond acceptors (Lipinski definition) is 7. The molecule has 150 valence electrons. The zero-order chi connectivity index (χ0) is 20.3. The molecule has 0 saturated heterocycles. The van der Waals surface area contributed by atoms with Gasteiger partial charge in [-0.15, -0.1) is 16.4 Å². The number of aryl methyl sites for hydroxylation is 1. The van der Waals surface area contributed by atoms with E-state index in [0.29, 0.717) is 23.9 Å². The van der Waals surface area contributed by atoms with Gasteiger partial charge >= 0.3 is 0 Å². The largest absolute Gasteiger partial charge is 0.493 e. The van der Waals surface area contributed by atoms with Crippen molar-refractivity contribution >= 4 is 27.2 Å². The highest BCUT2D eigenvalue weighted by Gasteiger charge is 2.31. The molecule has 0 spiro atoms. The lowest BCUT2D eigenvalue weighted by atomic mass is 9.94. The van der Waals surface area contributed by atoms with Crippen LogP contribution in [0.25, 0.3) is 27.3 Å². The maximum atomic E-state index is 6.00. The fourth-order valence-electron chi connectivity index (χ4n) is 3.84. The van der Waals surface area contributed by atoms with Crippen LogP contribution in [0, 0.1) is 6.92 Å². The van der Waals surface area contributed by atoms with Crippen molar-refractivity contribution in [2.45, 2.75) is 39.4 Å². The average molecular weight is 410 g/mol. The summed E-state index contributed by atoms with van der Waals surface area (Å²) in [5.74, 6) is 2.77. The number of benzene rings is 1. The Morgan fingerprint density at radius 1 is 1.14 bits per heavy atom. The van der Waals surface area contributed by atoms with Crippen LogP contribution in [0.1, 0.15) is 30.1 Å². The van der Waals surface area contributed by atoms with Crippen LogP contribution in [-0.4, -0.2) is 39.4 Å². The van der Waals surface area contributed by atoms with Gasteiger partial charge in [-0.25, -0.2) is 9.97 Å². The molecule has 0 fully saturated rings. The molecule has 0 N–H and O–H groups in total. The number of hydrogen-bond donors (Lipinski definition) is 0. The molecule has 0 saturated carbocycles. The summed E-state index contributed by atoms with van der Waals surface area (Å²) in [5.41, 5.74) is 2.79. The second kappa shape index (κ2) is 6.40. The monoisotopic (exact) mass is 410 g/mol. The summed E-state index contributed by atoms with van der Waals surface area (Å²) >= 11 is 1.69. The molecule has 0 atom stereocenters. The minimum absolute atomic E-state index is 0.199. The zero-order valence-corrected chi connectivity index (χ0v) is 17.9. The summed E-state index contributed by atoms with van der Waals surface area (Å²) in [4.78, 5) is 11.9. The van der Waals surface area contributed by atoms with Crippen LogP contribution in [0.2, 0.25) is 0 Å². The number of ether oxygens (including phenoxy) is 3. The zero-order valence-electron chi connectivity index (χ0n) is 17.1. The van der Waals surface area contributed by atoms with Crippen LogP contribution in [0.15, 0.2) is 18.2 Å². The molecule has 4 aromatic rings. The minimum Gasteiger partial charge on any atom is -0.493 e. The summed E-state index contributed by atoms with van der Waals surface area (Å²) < 4.78 is 18.6. The van der Waals surface area contributed by atoms with E-state index in [-0.39, 0.29) is 5.60 Å². The standard InChI is InChI=1S/C21H22N4O3S/c1-11-22-20-17(13-9-21(2,3)28-10-16(13)29-20)19-23-18(24-25(11)19)12-6-7-14(26-4)15(8-12)27-5/h6-8H,9-10H2,1-5H3. The summed E-state index contributed by atoms with van der Waals surface area (Å²) in [6.45, 7) is 6.82. The number of nitrogens with zero attached hydrogens (tertiary/aromatic N) is 4. The van der Waals surface area contributed by atoms with Crippen molar-refractivity contribution in [2.75, 3.05) is 14.2 Å². The predicted molar refractivity (Wildman–Crippen MR) is 112 cm³/mol. The van der Waals surface area contributed by atoms with Crippen molar-refractivity contribution in [2.24, 2.45) is 0 Å². The Balaban J connectivity index is 1.74. The van der Waals surface area contributed by atoms with E-state index in [1.54, 1.807) is 25.6 Å². The first-order valence-electron chi connectivity index (χ1n) is 9.44. The van der Waals surface area contributed by atoms with Gasteiger partial charge in [-0.1, -0.05) is 0 Å². The van der Waals surface area contributed by atoms with E-state index < -0.39 is 0 Å². The third-order valence-corrected chi connectivity index (χ3v) is 6.41. The van der Waals surface area contributed by atoms with Gasteiger partial charge in [-0.2, -0.15) is 4.52 Å². The maximum absolute atomic E-state index is 6.00. The summed E-state index contributed by atoms with van der Waals surface area (Å²) in [6.07, 6.45) is 0.835. The van der Waals surface area contributed by atoms with Gasteiger partial charge in [0.2, 0.25) is 0 Å². The molecule has 1 aliphatic rings. The van der Waals surface area contributed by atoms with Gasteiger partial charge < -0.3 is 14.2 Å². The topological polar surface area (TPSA) is 70.8 Å². The maximum Gasteiger partial charge on any atom is 0.182 e. The molecule has 0 radical (unpaired) electrons. The minimum atomic E-state index is -0.199. The number of fused-ring (bicyclic) bond motifs is 5. The summed E-state index contributed by atoms with van der Waals surface area (Å²) in [6, 6.07) is 5.70. The lowest BCUT2D eigenvalue weighted by molar-refractivity contribution is -0.0379. The molecule has 7 nitrogen and oxygen atoms in total. The smallest absolute Gasteiger partial charge is 0.182 e. The van der Waals surface area contributed by atoms with Crippen molar-refractivity contribution in [3.63, 3.8) is 0 Å². The van der Waals surface area contributed by atoms with Crippen molar-refractivity contribution in [1.82, 2.24) is 19.6 Å². The van der Waals surface area contributed by atoms with Crippen LogP contribution >= 0.6 is 11.3 Å². The lowest BCUT2D eigenvalue weighted by Gasteiger charge is -2.30. The van der Waals surface area contributed by atoms with E-state index in [1.165, 1.54) is 10.4 Å². The molecule has 29 heavy (non-hydrogen) atoms. The molecule has 0 bridgehead atoms. The fourth-order valence-corrected chi connectivity index (χ4v) is 4.98. The molecule has 0 unspecified atom stereocenters. The molecule has 1 aliphatic heterocycles. The average Bonchev–Trinajstić information content (AvgIpc) is 3.28. The lowest BCUT2D eigenvalue weighted by Crippen LogP contribution is -2.31. The second-order valence-corrected chi connectivity index (χ2v) is 8.89. The van der Waals surface area contributed by atoms with Crippen LogP contribution in [0.4, 0.5) is 0 Å². The molecule has 4 heterocycles. The Hall–Kier alpha value is -2.71. The molecule has 5 rings (SSSR count). The Kier molecular flexibility index (Phi) is 4.04. The van der Waals surface area contributed by atoms with Crippen LogP contribution < -0.4 is 9.47 Å². The van der Waals surface area contributed by atoms with E-state index in [2.05, 4.69) is 13.8 Å². The Labute approximate surface area is 172 Å². The van der Waals surface area contributed by atoms with Gasteiger partial charge in [-0.3, -0.25) is 0 Å². The highest BCUT2D eigenvalue weighted by molar-refractivity contribution is 7.19. The van der Waals surface area contributed by atoms with Gasteiger partial charge in [0.15, 0.2) is 23.0 Å². The number of thiophene rings is 1. The Bertz CT molecular complexity index is 1260. The molecule has 3 aromatic heterocycles. The van der Waals surface area contributed by atoms with Crippen molar-refractivity contribution in [1.29, 1.82) is 0 Å². The van der Waals surface area contributed by atoms with Crippen LogP contribution in [0.3, 0.4) is 0 Å². The van der Waals surface area contributed by atoms with Gasteiger partial charge in [0, 0.05) is 16.9 Å². The van der Waals surface area contributed by atoms with Crippen molar-refractivity contribution in [3.8, 4) is 22.9 Å². The van der Waals surface area contributed by atoms with Crippen molar-refractivity contribution in [3.05, 3.63) is 34.5 Å². The third-order valence-electron chi connectivity index (χ3n) is 5.31. The predicted octanol–water partition coefficient (Wildman–Crippen LogP) is 4.18. The van der Waals surface area contributed by atoms with Crippen molar-refractivity contribution < 1.29 is 14.2 Å². The van der Waals surface area contributed by atoms with Gasteiger partial charge in [0.05, 0.1) is 31.8 Å². The van der Waals surface area contributed by atoms with E-state index in [1.807, 2.05) is 29.6 Å². The molecular weight excluding hydrogens is 388 g/mol. The highest BCUT2D eigenvalue weighted by atomic mass is 32.1. The van der Waals surface area contributed by atoms with Gasteiger partial charge in [0.25, 0.3) is 0 Å². The fraction of sp³-hybridized carbons (Fsp3) is 0.381. The second-order valence-electron chi connectivity index (χ2n) is 7.81. The Morgan fingerprint density at radius 3 is 2.69 bits per heavy atom. The third kappa shape index (κ3) is 2.86. The first-order chi connectivity index (χ1) is 13.9. The van der Waals surface area contributed by atoms with E-state index in [9.17, 15) is 0 Å². The highest BCUT2D eigenvalue weighted by Crippen LogP contribution is 2.40. The molecule has 1 aromatic carbocycles. The number of rotatable bonds is 3. The Morgan fingerprint density at radius 2 is 1.93 bits per heavy atom. The summed E-state index contributed by atoms with van der Waals surface area (Å²) in [5, 5.41) is 5.84. The quantitative estimate of drug-likeness (QED) is 0.505. The molecule has 0 amide bonds. The first-order valence-corrected chi connectivity index (χ1v) is 10.3. The molecular formula is C21H22N4O3S. The van der Waals surface area contributed by atoms with Crippen LogP contribution in [-0.2, 0) is 17.8 Å². The first kappa shape index (κ1) is 18.3. The van der Waals surface area contributed by atoms with Gasteiger partial charge in [0.1, 0.15) is 10.7 Å². The molecule has 0 aliphatic carbocycles. The van der Waals surface area contributed by atoms with E-state index in [0.717, 1.165) is 33.7 Å².